The van der Waals surface area contributed by atoms with Crippen LogP contribution in [0.2, 0.25) is 5.02 Å². The van der Waals surface area contributed by atoms with Gasteiger partial charge in [-0.2, -0.15) is 0 Å². The van der Waals surface area contributed by atoms with Gasteiger partial charge in [0.15, 0.2) is 0 Å². The van der Waals surface area contributed by atoms with E-state index in [2.05, 4.69) is 5.32 Å². The van der Waals surface area contributed by atoms with Crippen LogP contribution in [0.3, 0.4) is 0 Å². The third-order valence-corrected chi connectivity index (χ3v) is 2.46. The highest BCUT2D eigenvalue weighted by Gasteiger charge is 2.14. The van der Waals surface area contributed by atoms with Crippen LogP contribution >= 0.6 is 11.6 Å². The second-order valence-electron chi connectivity index (χ2n) is 3.16. The summed E-state index contributed by atoms with van der Waals surface area (Å²) in [4.78, 5) is 11.5. The fraction of sp³-hybridized carbons (Fsp3) is 0.300. The number of hydrogen-bond donors (Lipinski definition) is 1. The van der Waals surface area contributed by atoms with Crippen LogP contribution < -0.4 is 5.32 Å². The van der Waals surface area contributed by atoms with Crippen LogP contribution in [0.5, 0.6) is 0 Å². The molecule has 0 unspecified atom stereocenters. The van der Waals surface area contributed by atoms with Gasteiger partial charge in [0, 0.05) is 17.1 Å². The first-order valence-electron chi connectivity index (χ1n) is 4.34. The second kappa shape index (κ2) is 3.38. The number of rotatable bonds is 0. The number of aryl methyl sites for hydroxylation is 1. The second-order valence-corrected chi connectivity index (χ2v) is 3.60. The molecule has 0 bridgehead atoms. The van der Waals surface area contributed by atoms with E-state index in [-0.39, 0.29) is 5.91 Å². The topological polar surface area (TPSA) is 29.1 Å². The van der Waals surface area contributed by atoms with Crippen LogP contribution in [-0.4, -0.2) is 12.5 Å². The fourth-order valence-electron chi connectivity index (χ4n) is 1.57. The molecule has 1 N–H and O–H groups in total. The van der Waals surface area contributed by atoms with Gasteiger partial charge in [0.05, 0.1) is 0 Å². The van der Waals surface area contributed by atoms with Crippen molar-refractivity contribution in [2.24, 2.45) is 0 Å². The SMILES string of the molecule is O=C1NCCCc2cc(Cl)ccc21. The van der Waals surface area contributed by atoms with Gasteiger partial charge in [-0.1, -0.05) is 11.6 Å². The maximum absolute atomic E-state index is 11.5. The minimum Gasteiger partial charge on any atom is -0.352 e. The molecule has 3 heteroatoms. The van der Waals surface area contributed by atoms with Gasteiger partial charge in [0.1, 0.15) is 0 Å². The number of halogens is 1. The summed E-state index contributed by atoms with van der Waals surface area (Å²) >= 11 is 5.85. The smallest absolute Gasteiger partial charge is 0.251 e. The van der Waals surface area contributed by atoms with Gasteiger partial charge in [0.2, 0.25) is 0 Å². The Bertz CT molecular complexity index is 349. The first kappa shape index (κ1) is 8.57. The minimum atomic E-state index is 0.0177. The molecule has 68 valence electrons. The molecule has 1 aliphatic rings. The lowest BCUT2D eigenvalue weighted by molar-refractivity contribution is 0.0956. The Morgan fingerprint density at radius 3 is 3.08 bits per heavy atom. The molecule has 13 heavy (non-hydrogen) atoms. The Hall–Kier alpha value is -1.02. The molecule has 0 aromatic heterocycles. The number of amides is 1. The van der Waals surface area contributed by atoms with Crippen molar-refractivity contribution in [1.82, 2.24) is 5.32 Å². The van der Waals surface area contributed by atoms with E-state index in [1.807, 2.05) is 6.07 Å². The highest BCUT2D eigenvalue weighted by molar-refractivity contribution is 6.30. The Kier molecular flexibility index (Phi) is 2.23. The van der Waals surface area contributed by atoms with Crippen LogP contribution in [0.25, 0.3) is 0 Å². The van der Waals surface area contributed by atoms with Crippen molar-refractivity contribution in [3.05, 3.63) is 34.3 Å². The fourth-order valence-corrected chi connectivity index (χ4v) is 1.76. The van der Waals surface area contributed by atoms with Crippen LogP contribution in [0.4, 0.5) is 0 Å². The number of carbonyl (C=O) groups is 1. The first-order chi connectivity index (χ1) is 6.27. The number of hydrogen-bond acceptors (Lipinski definition) is 1. The highest BCUT2D eigenvalue weighted by atomic mass is 35.5. The monoisotopic (exact) mass is 195 g/mol. The number of benzene rings is 1. The molecule has 1 amide bonds. The van der Waals surface area contributed by atoms with Crippen molar-refractivity contribution < 1.29 is 4.79 Å². The van der Waals surface area contributed by atoms with Gasteiger partial charge >= 0.3 is 0 Å². The summed E-state index contributed by atoms with van der Waals surface area (Å²) in [6.45, 7) is 0.755. The van der Waals surface area contributed by atoms with Crippen molar-refractivity contribution >= 4 is 17.5 Å². The molecule has 0 aliphatic carbocycles. The van der Waals surface area contributed by atoms with E-state index in [0.717, 1.165) is 30.5 Å². The average Bonchev–Trinajstić information content (AvgIpc) is 2.28. The van der Waals surface area contributed by atoms with E-state index in [1.54, 1.807) is 12.1 Å². The van der Waals surface area contributed by atoms with E-state index >= 15 is 0 Å². The third-order valence-electron chi connectivity index (χ3n) is 2.22. The number of fused-ring (bicyclic) bond motifs is 1. The van der Waals surface area contributed by atoms with Gasteiger partial charge in [0.25, 0.3) is 5.91 Å². The molecule has 0 radical (unpaired) electrons. The van der Waals surface area contributed by atoms with E-state index < -0.39 is 0 Å². The van der Waals surface area contributed by atoms with Gasteiger partial charge < -0.3 is 5.32 Å². The van der Waals surface area contributed by atoms with Gasteiger partial charge in [-0.15, -0.1) is 0 Å². The average molecular weight is 196 g/mol. The molecule has 0 saturated heterocycles. The molecule has 1 aromatic carbocycles. The zero-order chi connectivity index (χ0) is 9.26. The lowest BCUT2D eigenvalue weighted by Crippen LogP contribution is -2.22. The van der Waals surface area contributed by atoms with E-state index in [9.17, 15) is 4.79 Å². The van der Waals surface area contributed by atoms with Crippen LogP contribution in [0.15, 0.2) is 18.2 Å². The molecule has 0 saturated carbocycles. The number of nitrogens with one attached hydrogen (secondary N) is 1. The Morgan fingerprint density at radius 1 is 1.38 bits per heavy atom. The van der Waals surface area contributed by atoms with Gasteiger partial charge in [-0.25, -0.2) is 0 Å². The Labute approximate surface area is 81.9 Å². The van der Waals surface area contributed by atoms with Crippen LogP contribution in [0, 0.1) is 0 Å². The van der Waals surface area contributed by atoms with Crippen molar-refractivity contribution in [1.29, 1.82) is 0 Å². The Morgan fingerprint density at radius 2 is 2.23 bits per heavy atom. The third kappa shape index (κ3) is 1.68. The molecule has 1 aliphatic heterocycles. The summed E-state index contributed by atoms with van der Waals surface area (Å²) in [6.07, 6.45) is 1.91. The molecule has 0 spiro atoms. The largest absolute Gasteiger partial charge is 0.352 e. The van der Waals surface area contributed by atoms with Crippen molar-refractivity contribution in [3.8, 4) is 0 Å². The van der Waals surface area contributed by atoms with Crippen molar-refractivity contribution in [2.45, 2.75) is 12.8 Å². The van der Waals surface area contributed by atoms with Crippen LogP contribution in [0.1, 0.15) is 22.3 Å². The van der Waals surface area contributed by atoms with Gasteiger partial charge in [-0.3, -0.25) is 4.79 Å². The molecule has 2 nitrogen and oxygen atoms in total. The predicted octanol–water partition coefficient (Wildman–Crippen LogP) is 2.02. The summed E-state index contributed by atoms with van der Waals surface area (Å²) in [7, 11) is 0. The normalized spacial score (nSPS) is 15.9. The van der Waals surface area contributed by atoms with Gasteiger partial charge in [-0.05, 0) is 36.6 Å². The zero-order valence-electron chi connectivity index (χ0n) is 7.14. The molecular weight excluding hydrogens is 186 g/mol. The summed E-state index contributed by atoms with van der Waals surface area (Å²) in [6, 6.07) is 5.42. The lowest BCUT2D eigenvalue weighted by Gasteiger charge is -2.03. The summed E-state index contributed by atoms with van der Waals surface area (Å²) < 4.78 is 0. The summed E-state index contributed by atoms with van der Waals surface area (Å²) in [5, 5.41) is 3.54. The maximum Gasteiger partial charge on any atom is 0.251 e. The molecule has 1 heterocycles. The summed E-state index contributed by atoms with van der Waals surface area (Å²) in [5.41, 5.74) is 1.82. The zero-order valence-corrected chi connectivity index (χ0v) is 7.90. The highest BCUT2D eigenvalue weighted by Crippen LogP contribution is 2.19. The Balaban J connectivity index is 2.48. The quantitative estimate of drug-likeness (QED) is 0.674. The lowest BCUT2D eigenvalue weighted by atomic mass is 10.0. The van der Waals surface area contributed by atoms with Crippen molar-refractivity contribution in [2.75, 3.05) is 6.54 Å². The number of carbonyl (C=O) groups excluding carboxylic acids is 1. The van der Waals surface area contributed by atoms with E-state index in [1.165, 1.54) is 0 Å². The molecule has 1 aromatic rings. The van der Waals surface area contributed by atoms with Crippen LogP contribution in [-0.2, 0) is 6.42 Å². The predicted molar refractivity (Wildman–Crippen MR) is 52.1 cm³/mol. The first-order valence-corrected chi connectivity index (χ1v) is 4.72. The summed E-state index contributed by atoms with van der Waals surface area (Å²) in [5.74, 6) is 0.0177. The molecule has 0 fully saturated rings. The maximum atomic E-state index is 11.5. The molecular formula is C10H10ClNO. The molecule has 2 rings (SSSR count). The standard InChI is InChI=1S/C10H10ClNO/c11-8-3-4-9-7(6-8)2-1-5-12-10(9)13/h3-4,6H,1-2,5H2,(H,12,13). The van der Waals surface area contributed by atoms with E-state index in [0.29, 0.717) is 5.02 Å². The van der Waals surface area contributed by atoms with E-state index in [4.69, 9.17) is 11.6 Å². The van der Waals surface area contributed by atoms with Crippen molar-refractivity contribution in [3.63, 3.8) is 0 Å². The minimum absolute atomic E-state index is 0.0177. The molecule has 0 atom stereocenters.